The van der Waals surface area contributed by atoms with E-state index in [4.69, 9.17) is 4.74 Å². The van der Waals surface area contributed by atoms with Crippen LogP contribution in [0.5, 0.6) is 5.75 Å². The van der Waals surface area contributed by atoms with Crippen LogP contribution in [0.1, 0.15) is 24.3 Å². The van der Waals surface area contributed by atoms with Gasteiger partial charge in [0.1, 0.15) is 11.8 Å². The number of hydrogen-bond acceptors (Lipinski definition) is 4. The highest BCUT2D eigenvalue weighted by atomic mass is 16.5. The van der Waals surface area contributed by atoms with E-state index in [1.807, 2.05) is 24.3 Å². The highest BCUT2D eigenvalue weighted by Crippen LogP contribution is 2.36. The van der Waals surface area contributed by atoms with Crippen LogP contribution in [0.15, 0.2) is 24.3 Å². The number of aliphatic hydroxyl groups is 1. The summed E-state index contributed by atoms with van der Waals surface area (Å²) in [4.78, 5) is 25.3. The van der Waals surface area contributed by atoms with Gasteiger partial charge in [-0.1, -0.05) is 18.2 Å². The molecule has 0 aliphatic carbocycles. The molecule has 2 aliphatic heterocycles. The van der Waals surface area contributed by atoms with Crippen LogP contribution in [-0.2, 0) is 9.59 Å². The minimum absolute atomic E-state index is 0.0787. The van der Waals surface area contributed by atoms with Crippen molar-refractivity contribution in [1.82, 2.24) is 4.90 Å². The van der Waals surface area contributed by atoms with Crippen molar-refractivity contribution in [2.24, 2.45) is 0 Å². The topological polar surface area (TPSA) is 87.1 Å². The molecule has 2 unspecified atom stereocenters. The van der Waals surface area contributed by atoms with Gasteiger partial charge in [-0.25, -0.2) is 4.79 Å². The number of amides is 1. The molecule has 1 fully saturated rings. The molecule has 2 heterocycles. The van der Waals surface area contributed by atoms with Crippen molar-refractivity contribution < 1.29 is 24.5 Å². The lowest BCUT2D eigenvalue weighted by molar-refractivity contribution is -0.149. The van der Waals surface area contributed by atoms with Crippen molar-refractivity contribution in [3.63, 3.8) is 0 Å². The molecule has 3 rings (SSSR count). The smallest absolute Gasteiger partial charge is 0.326 e. The van der Waals surface area contributed by atoms with E-state index in [2.05, 4.69) is 0 Å². The number of carbonyl (C=O) groups is 2. The molecule has 6 heteroatoms. The van der Waals surface area contributed by atoms with Crippen molar-refractivity contribution in [3.05, 3.63) is 29.8 Å². The molecule has 6 nitrogen and oxygen atoms in total. The Hall–Kier alpha value is -2.08. The summed E-state index contributed by atoms with van der Waals surface area (Å²) in [7, 11) is 0. The maximum Gasteiger partial charge on any atom is 0.326 e. The molecule has 1 aromatic carbocycles. The second kappa shape index (κ2) is 5.37. The molecule has 0 radical (unpaired) electrons. The number of ether oxygens (including phenoxy) is 1. The summed E-state index contributed by atoms with van der Waals surface area (Å²) in [6.45, 7) is 0.511. The van der Waals surface area contributed by atoms with Crippen molar-refractivity contribution in [1.29, 1.82) is 0 Å². The number of hydrogen-bond donors (Lipinski definition) is 2. The molecule has 1 aromatic rings. The molecular weight excluding hydrogens is 274 g/mol. The third-order valence-electron chi connectivity index (χ3n) is 4.10. The average Bonchev–Trinajstić information content (AvgIpc) is 2.88. The summed E-state index contributed by atoms with van der Waals surface area (Å²) < 4.78 is 5.53. The normalized spacial score (nSPS) is 27.9. The molecule has 1 saturated heterocycles. The SMILES string of the molecule is O=C(O)[C@@H]1CC(O)CN1C(=O)C1CCOc2ccccc21. The molecule has 21 heavy (non-hydrogen) atoms. The third kappa shape index (κ3) is 2.47. The fraction of sp³-hybridized carbons (Fsp3) is 0.467. The Bertz CT molecular complexity index is 573. The van der Waals surface area contributed by atoms with Crippen LogP contribution in [0.25, 0.3) is 0 Å². The van der Waals surface area contributed by atoms with Crippen molar-refractivity contribution >= 4 is 11.9 Å². The number of nitrogens with zero attached hydrogens (tertiary/aromatic N) is 1. The number of aliphatic carboxylic acids is 1. The lowest BCUT2D eigenvalue weighted by atomic mass is 9.91. The Morgan fingerprint density at radius 1 is 1.29 bits per heavy atom. The van der Waals surface area contributed by atoms with Gasteiger partial charge in [0, 0.05) is 18.5 Å². The van der Waals surface area contributed by atoms with Gasteiger partial charge >= 0.3 is 5.97 Å². The van der Waals surface area contributed by atoms with Gasteiger partial charge in [-0.3, -0.25) is 4.79 Å². The first-order valence-corrected chi connectivity index (χ1v) is 7.01. The van der Waals surface area contributed by atoms with Crippen LogP contribution in [-0.4, -0.2) is 52.3 Å². The predicted octanol–water partition coefficient (Wildman–Crippen LogP) is 0.599. The Balaban J connectivity index is 1.87. The predicted molar refractivity (Wildman–Crippen MR) is 73.1 cm³/mol. The van der Waals surface area contributed by atoms with Crippen LogP contribution >= 0.6 is 0 Å². The summed E-state index contributed by atoms with van der Waals surface area (Å²) >= 11 is 0. The molecular formula is C15H17NO5. The Labute approximate surface area is 121 Å². The Morgan fingerprint density at radius 2 is 2.05 bits per heavy atom. The number of carboxylic acids is 1. The maximum absolute atomic E-state index is 12.7. The van der Waals surface area contributed by atoms with Gasteiger partial charge in [-0.15, -0.1) is 0 Å². The molecule has 0 spiro atoms. The highest BCUT2D eigenvalue weighted by molar-refractivity contribution is 5.89. The van der Waals surface area contributed by atoms with Crippen molar-refractivity contribution in [2.45, 2.75) is 30.9 Å². The molecule has 1 amide bonds. The maximum atomic E-state index is 12.7. The zero-order chi connectivity index (χ0) is 15.0. The number of aliphatic hydroxyl groups excluding tert-OH is 1. The first kappa shape index (κ1) is 13.9. The number of benzene rings is 1. The van der Waals surface area contributed by atoms with Crippen LogP contribution in [0.3, 0.4) is 0 Å². The van der Waals surface area contributed by atoms with E-state index in [1.165, 1.54) is 4.90 Å². The summed E-state index contributed by atoms with van der Waals surface area (Å²) in [6.07, 6.45) is -0.161. The molecule has 0 aromatic heterocycles. The number of rotatable bonds is 2. The molecule has 112 valence electrons. The van der Waals surface area contributed by atoms with Gasteiger partial charge in [0.2, 0.25) is 5.91 Å². The van der Waals surface area contributed by atoms with E-state index in [1.54, 1.807) is 0 Å². The summed E-state index contributed by atoms with van der Waals surface area (Å²) in [5.41, 5.74) is 0.791. The minimum atomic E-state index is -1.07. The van der Waals surface area contributed by atoms with Gasteiger partial charge in [0.25, 0.3) is 0 Å². The lowest BCUT2D eigenvalue weighted by Gasteiger charge is -2.30. The van der Waals surface area contributed by atoms with E-state index in [0.717, 1.165) is 5.56 Å². The highest BCUT2D eigenvalue weighted by Gasteiger charge is 2.42. The van der Waals surface area contributed by atoms with Gasteiger partial charge in [-0.05, 0) is 12.5 Å². The Kier molecular flexibility index (Phi) is 3.55. The average molecular weight is 291 g/mol. The van der Waals surface area contributed by atoms with Crippen molar-refractivity contribution in [3.8, 4) is 5.75 Å². The van der Waals surface area contributed by atoms with Crippen LogP contribution in [0, 0.1) is 0 Å². The molecule has 2 N–H and O–H groups in total. The first-order chi connectivity index (χ1) is 10.1. The second-order valence-electron chi connectivity index (χ2n) is 5.46. The number of carbonyl (C=O) groups excluding carboxylic acids is 1. The van der Waals surface area contributed by atoms with Gasteiger partial charge in [-0.2, -0.15) is 0 Å². The van der Waals surface area contributed by atoms with E-state index in [0.29, 0.717) is 18.8 Å². The van der Waals surface area contributed by atoms with E-state index in [9.17, 15) is 19.8 Å². The van der Waals surface area contributed by atoms with Crippen LogP contribution < -0.4 is 4.74 Å². The van der Waals surface area contributed by atoms with Gasteiger partial charge in [0.05, 0.1) is 18.6 Å². The minimum Gasteiger partial charge on any atom is -0.493 e. The fourth-order valence-electron chi connectivity index (χ4n) is 3.09. The first-order valence-electron chi connectivity index (χ1n) is 7.01. The summed E-state index contributed by atoms with van der Waals surface area (Å²) in [5.74, 6) is -1.04. The quantitative estimate of drug-likeness (QED) is 0.833. The van der Waals surface area contributed by atoms with E-state index >= 15 is 0 Å². The standard InChI is InChI=1S/C15H17NO5/c17-9-7-12(15(19)20)16(8-9)14(18)11-5-6-21-13-4-2-1-3-10(11)13/h1-4,9,11-12,17H,5-8H2,(H,19,20)/t9?,11?,12-/m0/s1. The molecule has 2 aliphatic rings. The summed E-state index contributed by atoms with van der Waals surface area (Å²) in [6, 6.07) is 6.37. The van der Waals surface area contributed by atoms with Gasteiger partial charge in [0.15, 0.2) is 0 Å². The van der Waals surface area contributed by atoms with Crippen molar-refractivity contribution in [2.75, 3.05) is 13.2 Å². The monoisotopic (exact) mass is 291 g/mol. The molecule has 0 bridgehead atoms. The second-order valence-corrected chi connectivity index (χ2v) is 5.46. The number of likely N-dealkylation sites (tertiary alicyclic amines) is 1. The lowest BCUT2D eigenvalue weighted by Crippen LogP contribution is -2.43. The number of carboxylic acid groups (broad SMARTS) is 1. The zero-order valence-corrected chi connectivity index (χ0v) is 11.4. The number of fused-ring (bicyclic) bond motifs is 1. The van der Waals surface area contributed by atoms with Crippen LogP contribution in [0.4, 0.5) is 0 Å². The number of para-hydroxylation sites is 1. The zero-order valence-electron chi connectivity index (χ0n) is 11.4. The van der Waals surface area contributed by atoms with Crippen LogP contribution in [0.2, 0.25) is 0 Å². The fourth-order valence-corrected chi connectivity index (χ4v) is 3.09. The molecule has 3 atom stereocenters. The van der Waals surface area contributed by atoms with E-state index < -0.39 is 24.0 Å². The van der Waals surface area contributed by atoms with Gasteiger partial charge < -0.3 is 19.8 Å². The summed E-state index contributed by atoms with van der Waals surface area (Å²) in [5, 5.41) is 18.9. The number of β-amino-alcohol motifs (C(OH)–C–C–N with tert-alkyl or cyclic N) is 1. The van der Waals surface area contributed by atoms with E-state index in [-0.39, 0.29) is 18.9 Å². The molecule has 0 saturated carbocycles. The Morgan fingerprint density at radius 3 is 2.81 bits per heavy atom. The third-order valence-corrected chi connectivity index (χ3v) is 4.10. The largest absolute Gasteiger partial charge is 0.493 e.